The van der Waals surface area contributed by atoms with Crippen molar-refractivity contribution in [1.29, 1.82) is 0 Å². The predicted molar refractivity (Wildman–Crippen MR) is 104 cm³/mol. The summed E-state index contributed by atoms with van der Waals surface area (Å²) < 4.78 is 12.9. The number of halogens is 1. The van der Waals surface area contributed by atoms with Gasteiger partial charge >= 0.3 is 5.97 Å². The summed E-state index contributed by atoms with van der Waals surface area (Å²) in [5.74, 6) is -1.68. The molecule has 1 aliphatic heterocycles. The number of amides is 1. The van der Waals surface area contributed by atoms with Gasteiger partial charge in [-0.2, -0.15) is 0 Å². The number of anilines is 2. The van der Waals surface area contributed by atoms with Crippen molar-refractivity contribution < 1.29 is 19.1 Å². The summed E-state index contributed by atoms with van der Waals surface area (Å²) in [4.78, 5) is 32.4. The summed E-state index contributed by atoms with van der Waals surface area (Å²) in [6.45, 7) is 3.23. The van der Waals surface area contributed by atoms with Crippen molar-refractivity contribution in [2.75, 3.05) is 42.9 Å². The maximum absolute atomic E-state index is 12.9. The van der Waals surface area contributed by atoms with Crippen molar-refractivity contribution in [2.45, 2.75) is 6.42 Å². The van der Waals surface area contributed by atoms with Gasteiger partial charge in [-0.15, -0.1) is 0 Å². The molecule has 7 nitrogen and oxygen atoms in total. The Labute approximate surface area is 162 Å². The van der Waals surface area contributed by atoms with E-state index in [4.69, 9.17) is 0 Å². The van der Waals surface area contributed by atoms with E-state index in [0.29, 0.717) is 25.3 Å². The van der Waals surface area contributed by atoms with Crippen molar-refractivity contribution in [3.8, 4) is 0 Å². The Balaban J connectivity index is 1.50. The average molecular weight is 386 g/mol. The third-order valence-electron chi connectivity index (χ3n) is 4.73. The van der Waals surface area contributed by atoms with Crippen LogP contribution in [0.5, 0.6) is 0 Å². The maximum Gasteiger partial charge on any atom is 0.308 e. The molecule has 2 N–H and O–H groups in total. The molecule has 0 aliphatic carbocycles. The highest BCUT2D eigenvalue weighted by Gasteiger charge is 2.26. The van der Waals surface area contributed by atoms with Crippen molar-refractivity contribution in [3.05, 3.63) is 54.5 Å². The maximum atomic E-state index is 12.9. The van der Waals surface area contributed by atoms with Gasteiger partial charge in [0.2, 0.25) is 5.91 Å². The number of carbonyl (C=O) groups excluding carboxylic acids is 1. The highest BCUT2D eigenvalue weighted by atomic mass is 19.1. The molecule has 1 atom stereocenters. The van der Waals surface area contributed by atoms with E-state index in [0.717, 1.165) is 18.9 Å². The van der Waals surface area contributed by atoms with Crippen LogP contribution < -0.4 is 10.2 Å². The molecular formula is C20H23FN4O3. The summed E-state index contributed by atoms with van der Waals surface area (Å²) in [5.41, 5.74) is 0.444. The van der Waals surface area contributed by atoms with Crippen LogP contribution in [0.1, 0.15) is 6.42 Å². The van der Waals surface area contributed by atoms with Gasteiger partial charge < -0.3 is 15.3 Å². The van der Waals surface area contributed by atoms with E-state index in [-0.39, 0.29) is 6.42 Å². The SMILES string of the molecule is O=C(CC(CN1CCN(c2ccccn2)CC1)C(=O)O)Nc1ccc(F)cc1. The minimum absolute atomic E-state index is 0.132. The van der Waals surface area contributed by atoms with Gasteiger partial charge in [0.25, 0.3) is 0 Å². The Hall–Kier alpha value is -3.00. The molecule has 1 aromatic carbocycles. The number of hydrogen-bond donors (Lipinski definition) is 2. The van der Waals surface area contributed by atoms with Crippen LogP contribution in [-0.4, -0.2) is 59.6 Å². The first-order valence-electron chi connectivity index (χ1n) is 9.18. The number of carbonyl (C=O) groups is 2. The zero-order valence-electron chi connectivity index (χ0n) is 15.4. The Bertz CT molecular complexity index is 793. The van der Waals surface area contributed by atoms with Gasteiger partial charge in [0, 0.05) is 51.0 Å². The van der Waals surface area contributed by atoms with Crippen molar-refractivity contribution in [3.63, 3.8) is 0 Å². The molecule has 0 spiro atoms. The van der Waals surface area contributed by atoms with Crippen LogP contribution in [0.4, 0.5) is 15.9 Å². The Kier molecular flexibility index (Phi) is 6.54. The van der Waals surface area contributed by atoms with Crippen molar-refractivity contribution in [1.82, 2.24) is 9.88 Å². The lowest BCUT2D eigenvalue weighted by Crippen LogP contribution is -2.49. The van der Waals surface area contributed by atoms with Gasteiger partial charge in [-0.1, -0.05) is 6.07 Å². The third kappa shape index (κ3) is 5.50. The van der Waals surface area contributed by atoms with Crippen LogP contribution in [0.3, 0.4) is 0 Å². The smallest absolute Gasteiger partial charge is 0.308 e. The molecule has 1 saturated heterocycles. The zero-order valence-corrected chi connectivity index (χ0v) is 15.4. The van der Waals surface area contributed by atoms with Gasteiger partial charge in [-0.3, -0.25) is 14.5 Å². The van der Waals surface area contributed by atoms with Crippen LogP contribution in [0.25, 0.3) is 0 Å². The van der Waals surface area contributed by atoms with E-state index in [2.05, 4.69) is 20.1 Å². The quantitative estimate of drug-likeness (QED) is 0.758. The van der Waals surface area contributed by atoms with E-state index >= 15 is 0 Å². The molecule has 1 aromatic heterocycles. The number of hydrogen-bond acceptors (Lipinski definition) is 5. The number of carboxylic acids is 1. The monoisotopic (exact) mass is 386 g/mol. The third-order valence-corrected chi connectivity index (χ3v) is 4.73. The molecule has 1 amide bonds. The van der Waals surface area contributed by atoms with Crippen molar-refractivity contribution in [2.24, 2.45) is 5.92 Å². The summed E-state index contributed by atoms with van der Waals surface area (Å²) in [7, 11) is 0. The Morgan fingerprint density at radius 3 is 2.43 bits per heavy atom. The van der Waals surface area contributed by atoms with E-state index < -0.39 is 23.6 Å². The van der Waals surface area contributed by atoms with E-state index in [9.17, 15) is 19.1 Å². The standard InChI is InChI=1S/C20H23FN4O3/c21-16-4-6-17(7-5-16)23-19(26)13-15(20(27)28)14-24-9-11-25(12-10-24)18-3-1-2-8-22-18/h1-8,15H,9-14H2,(H,23,26)(H,27,28). The number of nitrogens with zero attached hydrogens (tertiary/aromatic N) is 3. The topological polar surface area (TPSA) is 85.8 Å². The van der Waals surface area contributed by atoms with Crippen LogP contribution >= 0.6 is 0 Å². The van der Waals surface area contributed by atoms with Crippen LogP contribution in [0, 0.1) is 11.7 Å². The molecule has 8 heteroatoms. The van der Waals surface area contributed by atoms with Gasteiger partial charge in [0.05, 0.1) is 5.92 Å². The average Bonchev–Trinajstić information content (AvgIpc) is 2.70. The zero-order chi connectivity index (χ0) is 19.9. The fourth-order valence-corrected chi connectivity index (χ4v) is 3.21. The van der Waals surface area contributed by atoms with Crippen LogP contribution in [0.15, 0.2) is 48.7 Å². The second-order valence-electron chi connectivity index (χ2n) is 6.77. The van der Waals surface area contributed by atoms with Gasteiger partial charge in [0.1, 0.15) is 11.6 Å². The minimum atomic E-state index is -0.999. The minimum Gasteiger partial charge on any atom is -0.481 e. The predicted octanol–water partition coefficient (Wildman–Crippen LogP) is 2.07. The summed E-state index contributed by atoms with van der Waals surface area (Å²) in [5, 5.41) is 12.1. The van der Waals surface area contributed by atoms with Crippen molar-refractivity contribution >= 4 is 23.4 Å². The molecule has 1 unspecified atom stereocenters. The number of nitrogens with one attached hydrogen (secondary N) is 1. The fraction of sp³-hybridized carbons (Fsp3) is 0.350. The second-order valence-corrected chi connectivity index (χ2v) is 6.77. The first-order chi connectivity index (χ1) is 13.5. The van der Waals surface area contributed by atoms with Gasteiger partial charge in [0.15, 0.2) is 0 Å². The lowest BCUT2D eigenvalue weighted by atomic mass is 10.0. The summed E-state index contributed by atoms with van der Waals surface area (Å²) >= 11 is 0. The number of aromatic nitrogens is 1. The van der Waals surface area contributed by atoms with E-state index in [1.807, 2.05) is 18.2 Å². The number of benzene rings is 1. The highest BCUT2D eigenvalue weighted by Crippen LogP contribution is 2.16. The summed E-state index contributed by atoms with van der Waals surface area (Å²) in [6.07, 6.45) is 1.62. The first kappa shape index (κ1) is 19.8. The van der Waals surface area contributed by atoms with E-state index in [1.54, 1.807) is 6.20 Å². The highest BCUT2D eigenvalue weighted by molar-refractivity contribution is 5.93. The molecule has 1 fully saturated rings. The number of pyridine rings is 1. The van der Waals surface area contributed by atoms with Gasteiger partial charge in [-0.05, 0) is 36.4 Å². The molecule has 0 radical (unpaired) electrons. The molecule has 0 bridgehead atoms. The number of aliphatic carboxylic acids is 1. The molecule has 28 heavy (non-hydrogen) atoms. The normalized spacial score (nSPS) is 15.8. The molecule has 148 valence electrons. The molecule has 2 aromatic rings. The number of carboxylic acid groups (broad SMARTS) is 1. The van der Waals surface area contributed by atoms with E-state index in [1.165, 1.54) is 24.3 Å². The molecular weight excluding hydrogens is 363 g/mol. The van der Waals surface area contributed by atoms with Crippen LogP contribution in [-0.2, 0) is 9.59 Å². The Morgan fingerprint density at radius 1 is 1.11 bits per heavy atom. The molecule has 0 saturated carbocycles. The molecule has 3 rings (SSSR count). The van der Waals surface area contributed by atoms with Gasteiger partial charge in [-0.25, -0.2) is 9.37 Å². The lowest BCUT2D eigenvalue weighted by Gasteiger charge is -2.36. The van der Waals surface area contributed by atoms with Crippen LogP contribution in [0.2, 0.25) is 0 Å². The largest absolute Gasteiger partial charge is 0.481 e. The Morgan fingerprint density at radius 2 is 1.82 bits per heavy atom. The fourth-order valence-electron chi connectivity index (χ4n) is 3.21. The second kappa shape index (κ2) is 9.27. The molecule has 1 aliphatic rings. The molecule has 2 heterocycles. The first-order valence-corrected chi connectivity index (χ1v) is 9.18. The lowest BCUT2D eigenvalue weighted by molar-refractivity contribution is -0.144. The summed E-state index contributed by atoms with van der Waals surface area (Å²) in [6, 6.07) is 11.1. The number of rotatable bonds is 7. The number of piperazine rings is 1.